The number of ketones is 2. The Bertz CT molecular complexity index is 2330. The van der Waals surface area contributed by atoms with Crippen LogP contribution >= 0.6 is 11.3 Å². The zero-order chi connectivity index (χ0) is 37.0. The van der Waals surface area contributed by atoms with Gasteiger partial charge >= 0.3 is 0 Å². The highest BCUT2D eigenvalue weighted by Crippen LogP contribution is 2.64. The fraction of sp³-hybridized carbons (Fsp3) is 0.217. The molecule has 0 spiro atoms. The van der Waals surface area contributed by atoms with Crippen LogP contribution in [0, 0.1) is 23.7 Å². The van der Waals surface area contributed by atoms with E-state index in [4.69, 9.17) is 4.74 Å². The number of fused-ring (bicyclic) bond motifs is 4. The molecule has 6 atom stereocenters. The van der Waals surface area contributed by atoms with E-state index in [0.29, 0.717) is 41.0 Å². The zero-order valence-electron chi connectivity index (χ0n) is 29.3. The van der Waals surface area contributed by atoms with Crippen LogP contribution in [0.2, 0.25) is 0 Å². The van der Waals surface area contributed by atoms with E-state index in [9.17, 15) is 14.7 Å². The minimum atomic E-state index is -1.43. The lowest BCUT2D eigenvalue weighted by Crippen LogP contribution is -2.58. The second-order valence-electron chi connectivity index (χ2n) is 14.6. The van der Waals surface area contributed by atoms with Gasteiger partial charge in [0.05, 0.1) is 23.8 Å². The first kappa shape index (κ1) is 33.9. The number of imide groups is 1. The molecule has 2 fully saturated rings. The van der Waals surface area contributed by atoms with Crippen LogP contribution in [0.5, 0.6) is 11.5 Å². The van der Waals surface area contributed by atoms with E-state index in [1.165, 1.54) is 22.3 Å². The molecule has 0 bridgehead atoms. The first-order valence-electron chi connectivity index (χ1n) is 18.3. The minimum Gasteiger partial charge on any atom is -0.508 e. The molecular weight excluding hydrogens is 695 g/mol. The van der Waals surface area contributed by atoms with Gasteiger partial charge in [-0.05, 0) is 59.0 Å². The van der Waals surface area contributed by atoms with Crippen molar-refractivity contribution >= 4 is 40.3 Å². The average molecular weight is 732 g/mol. The van der Waals surface area contributed by atoms with E-state index in [-0.39, 0.29) is 42.1 Å². The number of likely N-dealkylation sites (tertiary alicyclic amines) is 1. The normalized spacial score (nSPS) is 26.1. The van der Waals surface area contributed by atoms with Crippen molar-refractivity contribution in [1.82, 2.24) is 4.90 Å². The van der Waals surface area contributed by atoms with Crippen LogP contribution in [0.4, 0.5) is 0 Å². The quantitative estimate of drug-likeness (QED) is 0.128. The predicted molar refractivity (Wildman–Crippen MR) is 205 cm³/mol. The Morgan fingerprint density at radius 2 is 1.52 bits per heavy atom. The molecule has 2 amide bonds. The number of thiophene rings is 1. The summed E-state index contributed by atoms with van der Waals surface area (Å²) >= 11 is 1.50. The molecule has 8 heteroatoms. The summed E-state index contributed by atoms with van der Waals surface area (Å²) in [6.07, 6.45) is 4.03. The van der Waals surface area contributed by atoms with Gasteiger partial charge in [0.1, 0.15) is 18.1 Å². The minimum absolute atomic E-state index is 0.0745. The molecule has 1 aliphatic heterocycles. The van der Waals surface area contributed by atoms with Crippen LogP contribution in [0.1, 0.15) is 45.9 Å². The SMILES string of the molecule is O=C1C(c2ccccc2)=CC(=O)[C@@]2(c3ccccc3)[C@@H](c3ccc(OCc4ccccc4)cc3O)C3=CC[C@@H]4C(=O)N(Cc5cccs5)C(=O)[C@@H]4[C@@H]3C[C@@H]12. The largest absolute Gasteiger partial charge is 0.508 e. The Hall–Kier alpha value is -5.86. The van der Waals surface area contributed by atoms with Crippen molar-refractivity contribution in [2.75, 3.05) is 0 Å². The molecule has 1 saturated heterocycles. The Labute approximate surface area is 317 Å². The number of benzene rings is 4. The molecule has 5 aromatic rings. The third-order valence-electron chi connectivity index (χ3n) is 11.9. The number of carbonyl (C=O) groups is 4. The molecular formula is C46H37NO6S. The maximum absolute atomic E-state index is 15.3. The number of allylic oxidation sites excluding steroid dienone is 4. The number of hydrogen-bond donors (Lipinski definition) is 1. The smallest absolute Gasteiger partial charge is 0.234 e. The van der Waals surface area contributed by atoms with Gasteiger partial charge in [-0.15, -0.1) is 11.3 Å². The molecule has 268 valence electrons. The fourth-order valence-electron chi connectivity index (χ4n) is 9.60. The number of nitrogens with zero attached hydrogens (tertiary/aromatic N) is 1. The maximum atomic E-state index is 15.3. The standard InChI is InChI=1S/C46H37NO6S/c48-39-23-31(53-27-28-11-4-1-5-12-28)18-19-34(39)42-33-20-21-35-41(45(52)47(44(35)51)26-32-17-10-22-54-32)37(33)24-38-43(50)36(29-13-6-2-7-14-29)25-40(49)46(38,42)30-15-8-3-9-16-30/h1-20,22-23,25,35,37-38,41-42,48H,21,24,26-27H2/t35-,37+,38-,41-,42+,46-/m0/s1. The summed E-state index contributed by atoms with van der Waals surface area (Å²) < 4.78 is 6.08. The van der Waals surface area contributed by atoms with Gasteiger partial charge in [-0.1, -0.05) is 115 Å². The Morgan fingerprint density at radius 1 is 0.796 bits per heavy atom. The zero-order valence-corrected chi connectivity index (χ0v) is 30.2. The fourth-order valence-corrected chi connectivity index (χ4v) is 10.3. The molecule has 4 aromatic carbocycles. The first-order chi connectivity index (χ1) is 26.4. The van der Waals surface area contributed by atoms with Crippen molar-refractivity contribution in [2.24, 2.45) is 23.7 Å². The topological polar surface area (TPSA) is 101 Å². The van der Waals surface area contributed by atoms with E-state index in [2.05, 4.69) is 0 Å². The van der Waals surface area contributed by atoms with E-state index in [1.807, 2.05) is 115 Å². The molecule has 7 nitrogen and oxygen atoms in total. The monoisotopic (exact) mass is 731 g/mol. The van der Waals surface area contributed by atoms with E-state index in [0.717, 1.165) is 16.0 Å². The lowest BCUT2D eigenvalue weighted by atomic mass is 9.44. The summed E-state index contributed by atoms with van der Waals surface area (Å²) in [6, 6.07) is 37.3. The number of rotatable bonds is 8. The number of ether oxygens (including phenoxy) is 1. The summed E-state index contributed by atoms with van der Waals surface area (Å²) in [6.45, 7) is 0.502. The van der Waals surface area contributed by atoms with Crippen LogP contribution < -0.4 is 4.74 Å². The van der Waals surface area contributed by atoms with Gasteiger partial charge in [0, 0.05) is 33.9 Å². The lowest BCUT2D eigenvalue weighted by molar-refractivity contribution is -0.141. The Balaban J connectivity index is 1.21. The van der Waals surface area contributed by atoms with E-state index in [1.54, 1.807) is 18.2 Å². The number of phenols is 1. The van der Waals surface area contributed by atoms with Crippen molar-refractivity contribution < 1.29 is 29.0 Å². The molecule has 4 aliphatic rings. The predicted octanol–water partition coefficient (Wildman–Crippen LogP) is 8.06. The highest BCUT2D eigenvalue weighted by Gasteiger charge is 2.66. The van der Waals surface area contributed by atoms with Gasteiger partial charge in [-0.25, -0.2) is 0 Å². The number of carbonyl (C=O) groups excluding carboxylic acids is 4. The van der Waals surface area contributed by atoms with Gasteiger partial charge in [0.25, 0.3) is 0 Å². The Kier molecular flexibility index (Phi) is 8.50. The third kappa shape index (κ3) is 5.38. The van der Waals surface area contributed by atoms with Crippen molar-refractivity contribution in [2.45, 2.75) is 37.3 Å². The van der Waals surface area contributed by atoms with Crippen molar-refractivity contribution in [3.8, 4) is 11.5 Å². The number of Topliss-reactive ketones (excluding diaryl/α,β-unsaturated/α-hetero) is 1. The number of aromatic hydroxyl groups is 1. The van der Waals surface area contributed by atoms with Gasteiger partial charge in [-0.2, -0.15) is 0 Å². The maximum Gasteiger partial charge on any atom is 0.234 e. The molecule has 54 heavy (non-hydrogen) atoms. The van der Waals surface area contributed by atoms with Gasteiger partial charge in [-0.3, -0.25) is 24.1 Å². The number of phenolic OH excluding ortho intramolecular Hbond substituents is 1. The first-order valence-corrected chi connectivity index (χ1v) is 19.2. The van der Waals surface area contributed by atoms with Crippen LogP contribution in [0.15, 0.2) is 144 Å². The van der Waals surface area contributed by atoms with Gasteiger partial charge in [0.15, 0.2) is 11.6 Å². The van der Waals surface area contributed by atoms with E-state index >= 15 is 9.59 Å². The van der Waals surface area contributed by atoms with Crippen LogP contribution in [0.25, 0.3) is 5.57 Å². The van der Waals surface area contributed by atoms with Gasteiger partial charge < -0.3 is 9.84 Å². The molecule has 3 aliphatic carbocycles. The van der Waals surface area contributed by atoms with Gasteiger partial charge in [0.2, 0.25) is 11.8 Å². The molecule has 9 rings (SSSR count). The molecule has 0 radical (unpaired) electrons. The second kappa shape index (κ2) is 13.5. The molecule has 0 unspecified atom stereocenters. The van der Waals surface area contributed by atoms with Crippen molar-refractivity contribution in [3.05, 3.63) is 172 Å². The van der Waals surface area contributed by atoms with Crippen LogP contribution in [-0.2, 0) is 37.7 Å². The highest BCUT2D eigenvalue weighted by molar-refractivity contribution is 7.09. The highest BCUT2D eigenvalue weighted by atomic mass is 32.1. The van der Waals surface area contributed by atoms with Crippen LogP contribution in [-0.4, -0.2) is 33.4 Å². The molecule has 1 N–H and O–H groups in total. The lowest BCUT2D eigenvalue weighted by Gasteiger charge is -2.55. The second-order valence-corrected chi connectivity index (χ2v) is 15.7. The van der Waals surface area contributed by atoms with Crippen LogP contribution in [0.3, 0.4) is 0 Å². The average Bonchev–Trinajstić information content (AvgIpc) is 3.81. The summed E-state index contributed by atoms with van der Waals surface area (Å²) in [5.74, 6) is -3.98. The molecule has 2 heterocycles. The summed E-state index contributed by atoms with van der Waals surface area (Å²) in [5.41, 5.74) is 2.46. The number of amides is 2. The molecule has 1 aromatic heterocycles. The van der Waals surface area contributed by atoms with E-state index < -0.39 is 35.0 Å². The summed E-state index contributed by atoms with van der Waals surface area (Å²) in [4.78, 5) is 61.1. The molecule has 1 saturated carbocycles. The van der Waals surface area contributed by atoms with Crippen molar-refractivity contribution in [1.29, 1.82) is 0 Å². The van der Waals surface area contributed by atoms with Crippen molar-refractivity contribution in [3.63, 3.8) is 0 Å². The Morgan fingerprint density at radius 3 is 2.22 bits per heavy atom. The summed E-state index contributed by atoms with van der Waals surface area (Å²) in [5, 5.41) is 13.9. The number of hydrogen-bond acceptors (Lipinski definition) is 7. The third-order valence-corrected chi connectivity index (χ3v) is 12.8. The summed E-state index contributed by atoms with van der Waals surface area (Å²) in [7, 11) is 0.